The molecule has 0 atom stereocenters. The summed E-state index contributed by atoms with van der Waals surface area (Å²) in [5, 5.41) is 0. The van der Waals surface area contributed by atoms with Gasteiger partial charge in [-0.25, -0.2) is 13.2 Å². The largest absolute Gasteiger partial charge is 0.380 e. The van der Waals surface area contributed by atoms with Crippen molar-refractivity contribution in [2.24, 2.45) is 0 Å². The molecule has 0 saturated carbocycles. The molecule has 0 aromatic heterocycles. The number of benzene rings is 1. The third-order valence-electron chi connectivity index (χ3n) is 2.54. The van der Waals surface area contributed by atoms with Crippen LogP contribution in [0.15, 0.2) is 12.1 Å². The molecule has 19 heavy (non-hydrogen) atoms. The molecule has 0 radical (unpaired) electrons. The minimum atomic E-state index is -1.52. The van der Waals surface area contributed by atoms with Gasteiger partial charge in [-0.15, -0.1) is 0 Å². The van der Waals surface area contributed by atoms with Crippen molar-refractivity contribution in [2.45, 2.75) is 26.2 Å². The Bertz CT molecular complexity index is 400. The highest BCUT2D eigenvalue weighted by atomic mass is 28.2. The molecule has 0 aliphatic heterocycles. The normalized spacial score (nSPS) is 12.1. The van der Waals surface area contributed by atoms with E-state index in [0.717, 1.165) is 0 Å². The van der Waals surface area contributed by atoms with Crippen LogP contribution in [0.4, 0.5) is 13.2 Å². The quantitative estimate of drug-likeness (QED) is 0.565. The van der Waals surface area contributed by atoms with Gasteiger partial charge in [-0.05, 0) is 13.8 Å². The summed E-state index contributed by atoms with van der Waals surface area (Å²) >= 11 is 0. The molecule has 0 unspecified atom stereocenters. The Balaban J connectivity index is 3.08. The molecule has 0 heterocycles. The van der Waals surface area contributed by atoms with Gasteiger partial charge in [0.25, 0.3) is 5.97 Å². The molecule has 0 saturated heterocycles. The Labute approximate surface area is 113 Å². The van der Waals surface area contributed by atoms with Crippen LogP contribution < -0.4 is 0 Å². The summed E-state index contributed by atoms with van der Waals surface area (Å²) in [5.41, 5.74) is -0.320. The molecule has 0 N–H and O–H groups in total. The first-order valence-corrected chi connectivity index (χ1v) is 6.76. The molecule has 7 heteroatoms. The summed E-state index contributed by atoms with van der Waals surface area (Å²) < 4.78 is 56.0. The number of hydrogen-bond acceptors (Lipinski definition) is 3. The molecule has 1 aromatic rings. The molecule has 0 aliphatic carbocycles. The van der Waals surface area contributed by atoms with Crippen molar-refractivity contribution in [3.05, 3.63) is 35.1 Å². The molecule has 1 rings (SSSR count). The lowest BCUT2D eigenvalue weighted by molar-refractivity contribution is -0.339. The van der Waals surface area contributed by atoms with E-state index >= 15 is 0 Å². The van der Waals surface area contributed by atoms with E-state index in [4.69, 9.17) is 13.9 Å². The number of hydrogen-bond donors (Lipinski definition) is 0. The fourth-order valence-electron chi connectivity index (χ4n) is 1.73. The number of halogens is 3. The summed E-state index contributed by atoms with van der Waals surface area (Å²) in [7, 11) is 0.261. The zero-order valence-corrected chi connectivity index (χ0v) is 13.1. The summed E-state index contributed by atoms with van der Waals surface area (Å²) in [6.07, 6.45) is -0.282. The van der Waals surface area contributed by atoms with Crippen molar-refractivity contribution in [3.63, 3.8) is 0 Å². The van der Waals surface area contributed by atoms with E-state index in [1.807, 2.05) is 0 Å². The molecule has 0 bridgehead atoms. The Morgan fingerprint density at radius 1 is 1.05 bits per heavy atom. The predicted molar refractivity (Wildman–Crippen MR) is 67.0 cm³/mol. The first-order valence-electron chi connectivity index (χ1n) is 5.94. The minimum Gasteiger partial charge on any atom is -0.380 e. The van der Waals surface area contributed by atoms with Crippen molar-refractivity contribution in [3.8, 4) is 0 Å². The summed E-state index contributed by atoms with van der Waals surface area (Å²) in [4.78, 5) is 0. The lowest BCUT2D eigenvalue weighted by Crippen LogP contribution is -2.41. The Morgan fingerprint density at radius 2 is 1.53 bits per heavy atom. The van der Waals surface area contributed by atoms with Crippen LogP contribution in [0.5, 0.6) is 0 Å². The van der Waals surface area contributed by atoms with Crippen LogP contribution in [0.25, 0.3) is 0 Å². The van der Waals surface area contributed by atoms with E-state index in [1.54, 1.807) is 13.8 Å². The number of ether oxygens (including phenoxy) is 2. The molecule has 0 spiro atoms. The van der Waals surface area contributed by atoms with Gasteiger partial charge in [0.15, 0.2) is 10.5 Å². The van der Waals surface area contributed by atoms with E-state index in [-0.39, 0.29) is 35.7 Å². The zero-order valence-electron chi connectivity index (χ0n) is 11.1. The maximum atomic E-state index is 13.6. The second kappa shape index (κ2) is 7.04. The van der Waals surface area contributed by atoms with Crippen LogP contribution in [-0.2, 0) is 20.3 Å². The van der Waals surface area contributed by atoms with E-state index < -0.39 is 23.4 Å². The van der Waals surface area contributed by atoms with Crippen molar-refractivity contribution in [2.75, 3.05) is 13.2 Å². The van der Waals surface area contributed by atoms with E-state index in [1.165, 1.54) is 0 Å². The molecular formula is C12H17F3O3Si. The van der Waals surface area contributed by atoms with Crippen molar-refractivity contribution < 1.29 is 27.1 Å². The van der Waals surface area contributed by atoms with E-state index in [9.17, 15) is 13.2 Å². The van der Waals surface area contributed by atoms with Gasteiger partial charge in [0.1, 0.15) is 17.5 Å². The first-order chi connectivity index (χ1) is 8.98. The molecule has 1 aromatic carbocycles. The van der Waals surface area contributed by atoms with Gasteiger partial charge in [0.05, 0.1) is 6.42 Å². The number of rotatable bonds is 7. The van der Waals surface area contributed by atoms with Gasteiger partial charge in [0, 0.05) is 30.9 Å². The molecule has 0 aliphatic rings. The van der Waals surface area contributed by atoms with Crippen LogP contribution in [0, 0.1) is 17.5 Å². The highest BCUT2D eigenvalue weighted by molar-refractivity contribution is 5.98. The van der Waals surface area contributed by atoms with Crippen LogP contribution >= 0.6 is 0 Å². The average molecular weight is 294 g/mol. The highest BCUT2D eigenvalue weighted by Gasteiger charge is 2.34. The predicted octanol–water partition coefficient (Wildman–Crippen LogP) is 1.67. The fourth-order valence-corrected chi connectivity index (χ4v) is 2.11. The van der Waals surface area contributed by atoms with Crippen LogP contribution in [0.2, 0.25) is 0 Å². The summed E-state index contributed by atoms with van der Waals surface area (Å²) in [6, 6.07) is 1.24. The second-order valence-corrected chi connectivity index (χ2v) is 4.19. The van der Waals surface area contributed by atoms with Crippen LogP contribution in [-0.4, -0.2) is 29.7 Å². The monoisotopic (exact) mass is 294 g/mol. The maximum Gasteiger partial charge on any atom is 0.277 e. The highest BCUT2D eigenvalue weighted by Crippen LogP contribution is 2.25. The van der Waals surface area contributed by atoms with Gasteiger partial charge < -0.3 is 13.9 Å². The Hall–Kier alpha value is -0.893. The average Bonchev–Trinajstić information content (AvgIpc) is 2.34. The van der Waals surface area contributed by atoms with Gasteiger partial charge in [-0.3, -0.25) is 0 Å². The SMILES string of the molecule is CCOC(Cc1c(F)cc(F)cc1F)(O[SiH3])OCC. The first kappa shape index (κ1) is 16.2. The van der Waals surface area contributed by atoms with Crippen LogP contribution in [0.3, 0.4) is 0 Å². The minimum absolute atomic E-state index is 0.257. The van der Waals surface area contributed by atoms with Gasteiger partial charge in [0.2, 0.25) is 0 Å². The van der Waals surface area contributed by atoms with Crippen LogP contribution in [0.1, 0.15) is 19.4 Å². The van der Waals surface area contributed by atoms with Crippen molar-refractivity contribution >= 4 is 10.5 Å². The molecule has 108 valence electrons. The van der Waals surface area contributed by atoms with Gasteiger partial charge in [-0.2, -0.15) is 0 Å². The summed E-state index contributed by atoms with van der Waals surface area (Å²) in [5.74, 6) is -4.46. The van der Waals surface area contributed by atoms with Gasteiger partial charge >= 0.3 is 0 Å². The molecular weight excluding hydrogens is 277 g/mol. The second-order valence-electron chi connectivity index (χ2n) is 3.78. The molecule has 0 fully saturated rings. The van der Waals surface area contributed by atoms with E-state index in [2.05, 4.69) is 0 Å². The fraction of sp³-hybridized carbons (Fsp3) is 0.500. The maximum absolute atomic E-state index is 13.6. The Morgan fingerprint density at radius 3 is 1.89 bits per heavy atom. The lowest BCUT2D eigenvalue weighted by atomic mass is 10.1. The van der Waals surface area contributed by atoms with E-state index in [0.29, 0.717) is 12.1 Å². The third-order valence-corrected chi connectivity index (χ3v) is 3.16. The van der Waals surface area contributed by atoms with Crippen molar-refractivity contribution in [1.82, 2.24) is 0 Å². The third kappa shape index (κ3) is 4.03. The standard InChI is InChI=1S/C12H17F3O3Si/c1-3-16-12(18-19,17-4-2)7-9-10(14)5-8(13)6-11(9)15/h5-6H,3-4,7H2,1-2,19H3. The smallest absolute Gasteiger partial charge is 0.277 e. The topological polar surface area (TPSA) is 27.7 Å². The van der Waals surface area contributed by atoms with Crippen molar-refractivity contribution in [1.29, 1.82) is 0 Å². The molecule has 0 amide bonds. The Kier molecular flexibility index (Phi) is 5.99. The van der Waals surface area contributed by atoms with Gasteiger partial charge in [-0.1, -0.05) is 0 Å². The lowest BCUT2D eigenvalue weighted by Gasteiger charge is -2.32. The zero-order chi connectivity index (χ0) is 14.5. The molecule has 3 nitrogen and oxygen atoms in total. The summed E-state index contributed by atoms with van der Waals surface area (Å²) in [6.45, 7) is 3.94.